The van der Waals surface area contributed by atoms with Crippen molar-refractivity contribution in [3.8, 4) is 22.3 Å². The highest BCUT2D eigenvalue weighted by molar-refractivity contribution is 5.83. The van der Waals surface area contributed by atoms with Crippen molar-refractivity contribution in [2.45, 2.75) is 38.8 Å². The summed E-state index contributed by atoms with van der Waals surface area (Å²) in [7, 11) is 0. The van der Waals surface area contributed by atoms with E-state index < -0.39 is 0 Å². The maximum absolute atomic E-state index is 6.15. The first-order valence-corrected chi connectivity index (χ1v) is 13.0. The number of hydrogen-bond acceptors (Lipinski definition) is 6. The number of aromatic nitrogens is 2. The zero-order chi connectivity index (χ0) is 24.2. The molecule has 4 heterocycles. The molecule has 0 unspecified atom stereocenters. The summed E-state index contributed by atoms with van der Waals surface area (Å²) >= 11 is 0. The van der Waals surface area contributed by atoms with Gasteiger partial charge < -0.3 is 19.5 Å². The van der Waals surface area contributed by atoms with Crippen molar-refractivity contribution >= 4 is 22.2 Å². The quantitative estimate of drug-likeness (QED) is 0.301. The Morgan fingerprint density at radius 1 is 0.611 bits per heavy atom. The number of nitrogens with one attached hydrogen (secondary N) is 2. The highest BCUT2D eigenvalue weighted by Crippen LogP contribution is 2.33. The van der Waals surface area contributed by atoms with E-state index in [-0.39, 0.29) is 12.1 Å². The Morgan fingerprint density at radius 2 is 1.14 bits per heavy atom. The molecule has 2 N–H and O–H groups in total. The van der Waals surface area contributed by atoms with Crippen LogP contribution in [-0.2, 0) is 0 Å². The average molecular weight is 479 g/mol. The molecule has 2 saturated heterocycles. The van der Waals surface area contributed by atoms with E-state index in [4.69, 9.17) is 18.8 Å². The van der Waals surface area contributed by atoms with Gasteiger partial charge in [0, 0.05) is 0 Å². The molecule has 3 aromatic carbocycles. The zero-order valence-electron chi connectivity index (χ0n) is 20.6. The second-order valence-corrected chi connectivity index (χ2v) is 10.6. The minimum absolute atomic E-state index is 0.214. The second-order valence-electron chi connectivity index (χ2n) is 10.6. The number of rotatable bonds is 4. The summed E-state index contributed by atoms with van der Waals surface area (Å²) in [5, 5.41) is 7.02. The van der Waals surface area contributed by atoms with Crippen LogP contribution in [0.2, 0.25) is 0 Å². The number of hydrogen-bond donors (Lipinski definition) is 2. The van der Waals surface area contributed by atoms with E-state index in [1.165, 1.54) is 0 Å². The topological polar surface area (TPSA) is 76.1 Å². The summed E-state index contributed by atoms with van der Waals surface area (Å²) in [6.07, 6.45) is 2.14. The van der Waals surface area contributed by atoms with Crippen molar-refractivity contribution in [2.75, 3.05) is 13.1 Å². The number of fused-ring (bicyclic) bond motifs is 2. The second kappa shape index (κ2) is 8.57. The monoisotopic (exact) mass is 478 g/mol. The molecule has 2 fully saturated rings. The lowest BCUT2D eigenvalue weighted by molar-refractivity contribution is 0.446. The Labute approximate surface area is 210 Å². The van der Waals surface area contributed by atoms with Crippen LogP contribution in [0.1, 0.15) is 50.6 Å². The SMILES string of the molecule is C[C@@H]1CN[C@H](c2nc3cc(-c4ccc(-c5ccc6nc([C@@H]7C[C@H](C)CN7)oc6c5)cc4)ccc3o2)C1. The first-order chi connectivity index (χ1) is 17.6. The molecule has 7 rings (SSSR count). The molecule has 0 spiro atoms. The smallest absolute Gasteiger partial charge is 0.212 e. The van der Waals surface area contributed by atoms with E-state index in [2.05, 4.69) is 79.1 Å². The van der Waals surface area contributed by atoms with Gasteiger partial charge in [-0.1, -0.05) is 50.2 Å². The highest BCUT2D eigenvalue weighted by Gasteiger charge is 2.27. The maximum Gasteiger partial charge on any atom is 0.212 e. The Hall–Kier alpha value is -3.48. The number of nitrogens with zero attached hydrogens (tertiary/aromatic N) is 2. The van der Waals surface area contributed by atoms with Crippen LogP contribution in [0.3, 0.4) is 0 Å². The van der Waals surface area contributed by atoms with Crippen molar-refractivity contribution in [1.82, 2.24) is 20.6 Å². The summed E-state index contributed by atoms with van der Waals surface area (Å²) in [6.45, 7) is 6.55. The van der Waals surface area contributed by atoms with E-state index >= 15 is 0 Å². The van der Waals surface area contributed by atoms with Crippen molar-refractivity contribution in [3.63, 3.8) is 0 Å². The molecule has 5 aromatic rings. The van der Waals surface area contributed by atoms with Crippen molar-refractivity contribution in [2.24, 2.45) is 11.8 Å². The van der Waals surface area contributed by atoms with Crippen molar-refractivity contribution in [3.05, 3.63) is 72.4 Å². The lowest BCUT2D eigenvalue weighted by atomic mass is 10.00. The van der Waals surface area contributed by atoms with Gasteiger partial charge in [0.25, 0.3) is 0 Å². The van der Waals surface area contributed by atoms with Gasteiger partial charge >= 0.3 is 0 Å². The molecule has 182 valence electrons. The Balaban J connectivity index is 1.13. The molecular formula is C30H30N4O2. The molecule has 0 saturated carbocycles. The van der Waals surface area contributed by atoms with Crippen LogP contribution in [-0.4, -0.2) is 23.1 Å². The van der Waals surface area contributed by atoms with Crippen LogP contribution >= 0.6 is 0 Å². The Kier molecular flexibility index (Phi) is 5.19. The largest absolute Gasteiger partial charge is 0.439 e. The average Bonchev–Trinajstić information content (AvgIpc) is 3.68. The van der Waals surface area contributed by atoms with Gasteiger partial charge in [-0.3, -0.25) is 0 Å². The van der Waals surface area contributed by atoms with E-state index in [0.29, 0.717) is 11.8 Å². The summed E-state index contributed by atoms with van der Waals surface area (Å²) in [6, 6.07) is 21.6. The lowest BCUT2D eigenvalue weighted by Crippen LogP contribution is -2.13. The predicted molar refractivity (Wildman–Crippen MR) is 141 cm³/mol. The Bertz CT molecular complexity index is 1430. The summed E-state index contributed by atoms with van der Waals surface area (Å²) in [4.78, 5) is 9.52. The van der Waals surface area contributed by atoms with Gasteiger partial charge in [-0.25, -0.2) is 9.97 Å². The van der Waals surface area contributed by atoms with E-state index in [1.807, 2.05) is 6.07 Å². The first-order valence-electron chi connectivity index (χ1n) is 13.0. The van der Waals surface area contributed by atoms with Crippen molar-refractivity contribution in [1.29, 1.82) is 0 Å². The standard InChI is InChI=1S/C30H30N4O2/c1-17-11-25(31-15-17)29-33-23-9-7-22(14-28(23)36-29)20-5-3-19(4-6-20)21-8-10-27-24(13-21)34-30(35-27)26-12-18(2)16-32-26/h3-10,13-14,17-18,25-26,31-32H,11-12,15-16H2,1-2H3/t17-,18-,25-,26-/m0/s1. The molecule has 4 atom stereocenters. The highest BCUT2D eigenvalue weighted by atomic mass is 16.4. The molecule has 2 aliphatic rings. The van der Waals surface area contributed by atoms with Crippen LogP contribution in [0.5, 0.6) is 0 Å². The third-order valence-corrected chi connectivity index (χ3v) is 7.66. The number of benzene rings is 3. The van der Waals surface area contributed by atoms with E-state index in [1.54, 1.807) is 0 Å². The Morgan fingerprint density at radius 3 is 1.75 bits per heavy atom. The molecule has 2 aliphatic heterocycles. The minimum Gasteiger partial charge on any atom is -0.439 e. The minimum atomic E-state index is 0.214. The molecule has 0 aliphatic carbocycles. The predicted octanol–water partition coefficient (Wildman–Crippen LogP) is 6.64. The fraction of sp³-hybridized carbons (Fsp3) is 0.333. The van der Waals surface area contributed by atoms with Gasteiger partial charge in [0.05, 0.1) is 12.1 Å². The van der Waals surface area contributed by atoms with Crippen LogP contribution in [0.15, 0.2) is 69.5 Å². The molecule has 6 nitrogen and oxygen atoms in total. The van der Waals surface area contributed by atoms with Crippen molar-refractivity contribution < 1.29 is 8.83 Å². The summed E-state index contributed by atoms with van der Waals surface area (Å²) in [5.74, 6) is 2.90. The normalized spacial score (nSPS) is 24.3. The third-order valence-electron chi connectivity index (χ3n) is 7.66. The maximum atomic E-state index is 6.15. The molecule has 0 bridgehead atoms. The van der Waals surface area contributed by atoms with Crippen LogP contribution in [0, 0.1) is 11.8 Å². The van der Waals surface area contributed by atoms with Crippen LogP contribution < -0.4 is 10.6 Å². The van der Waals surface area contributed by atoms with Gasteiger partial charge in [-0.15, -0.1) is 0 Å². The van der Waals surface area contributed by atoms with Gasteiger partial charge in [-0.05, 0) is 84.3 Å². The molecule has 36 heavy (non-hydrogen) atoms. The van der Waals surface area contributed by atoms with Gasteiger partial charge in [0.15, 0.2) is 11.2 Å². The van der Waals surface area contributed by atoms with Gasteiger partial charge in [0.1, 0.15) is 11.0 Å². The molecular weight excluding hydrogens is 448 g/mol. The molecule has 0 amide bonds. The van der Waals surface area contributed by atoms with E-state index in [0.717, 1.165) is 82.2 Å². The number of oxazole rings is 2. The summed E-state index contributed by atoms with van der Waals surface area (Å²) < 4.78 is 12.2. The fourth-order valence-corrected chi connectivity index (χ4v) is 5.60. The fourth-order valence-electron chi connectivity index (χ4n) is 5.60. The van der Waals surface area contributed by atoms with Crippen LogP contribution in [0.4, 0.5) is 0 Å². The van der Waals surface area contributed by atoms with E-state index in [9.17, 15) is 0 Å². The third kappa shape index (κ3) is 3.91. The molecule has 2 aromatic heterocycles. The lowest BCUT2D eigenvalue weighted by Gasteiger charge is -2.05. The van der Waals surface area contributed by atoms with Gasteiger partial charge in [-0.2, -0.15) is 0 Å². The first kappa shape index (κ1) is 21.8. The van der Waals surface area contributed by atoms with Gasteiger partial charge in [0.2, 0.25) is 11.8 Å². The van der Waals surface area contributed by atoms with Crippen LogP contribution in [0.25, 0.3) is 44.5 Å². The molecule has 6 heteroatoms. The molecule has 0 radical (unpaired) electrons. The zero-order valence-corrected chi connectivity index (χ0v) is 20.6. The summed E-state index contributed by atoms with van der Waals surface area (Å²) in [5.41, 5.74) is 8.06.